The first-order chi connectivity index (χ1) is 9.13. The number of nitrogens with one attached hydrogen (secondary N) is 1. The standard InChI is InChI=1S/C12H12FN3O3/c1-2-19-15-12(18)11-10(17)7-16(14-11)9-6-4-3-5-8(9)13/h3-7,17H,2H2,1H3,(H,15,18). The van der Waals surface area contributed by atoms with Crippen LogP contribution in [-0.2, 0) is 4.84 Å². The minimum absolute atomic E-state index is 0.133. The Morgan fingerprint density at radius 1 is 1.53 bits per heavy atom. The number of aromatic nitrogens is 2. The predicted molar refractivity (Wildman–Crippen MR) is 64.3 cm³/mol. The lowest BCUT2D eigenvalue weighted by Crippen LogP contribution is -2.24. The van der Waals surface area contributed by atoms with Gasteiger partial charge < -0.3 is 5.11 Å². The molecular formula is C12H12FN3O3. The van der Waals surface area contributed by atoms with Gasteiger partial charge in [0.1, 0.15) is 11.5 Å². The van der Waals surface area contributed by atoms with Crippen LogP contribution in [-0.4, -0.2) is 27.4 Å². The molecule has 2 rings (SSSR count). The molecule has 1 aromatic carbocycles. The molecule has 2 aromatic rings. The van der Waals surface area contributed by atoms with Crippen LogP contribution >= 0.6 is 0 Å². The second-order valence-electron chi connectivity index (χ2n) is 3.62. The lowest BCUT2D eigenvalue weighted by molar-refractivity contribution is 0.0357. The van der Waals surface area contributed by atoms with Crippen molar-refractivity contribution in [1.29, 1.82) is 0 Å². The van der Waals surface area contributed by atoms with Crippen molar-refractivity contribution in [2.45, 2.75) is 6.92 Å². The summed E-state index contributed by atoms with van der Waals surface area (Å²) in [7, 11) is 0. The fourth-order valence-corrected chi connectivity index (χ4v) is 1.47. The van der Waals surface area contributed by atoms with E-state index in [2.05, 4.69) is 10.6 Å². The van der Waals surface area contributed by atoms with E-state index in [0.29, 0.717) is 0 Å². The van der Waals surface area contributed by atoms with E-state index in [0.717, 1.165) is 10.9 Å². The third kappa shape index (κ3) is 2.71. The first kappa shape index (κ1) is 13.0. The Morgan fingerprint density at radius 3 is 2.95 bits per heavy atom. The highest BCUT2D eigenvalue weighted by Crippen LogP contribution is 2.19. The average molecular weight is 265 g/mol. The first-order valence-corrected chi connectivity index (χ1v) is 5.59. The fourth-order valence-electron chi connectivity index (χ4n) is 1.47. The Morgan fingerprint density at radius 2 is 2.26 bits per heavy atom. The van der Waals surface area contributed by atoms with Gasteiger partial charge in [-0.3, -0.25) is 9.63 Å². The van der Waals surface area contributed by atoms with E-state index in [-0.39, 0.29) is 23.7 Å². The number of benzene rings is 1. The van der Waals surface area contributed by atoms with Gasteiger partial charge >= 0.3 is 0 Å². The number of rotatable bonds is 4. The van der Waals surface area contributed by atoms with Crippen molar-refractivity contribution < 1.29 is 19.1 Å². The number of hydrogen-bond donors (Lipinski definition) is 2. The summed E-state index contributed by atoms with van der Waals surface area (Å²) < 4.78 is 14.6. The van der Waals surface area contributed by atoms with E-state index in [1.165, 1.54) is 18.2 Å². The molecule has 1 aromatic heterocycles. The molecule has 100 valence electrons. The van der Waals surface area contributed by atoms with Crippen molar-refractivity contribution in [3.63, 3.8) is 0 Å². The molecule has 0 bridgehead atoms. The van der Waals surface area contributed by atoms with Gasteiger partial charge in [-0.1, -0.05) is 12.1 Å². The molecule has 0 aliphatic heterocycles. The van der Waals surface area contributed by atoms with Crippen LogP contribution in [0.5, 0.6) is 5.75 Å². The Kier molecular flexibility index (Phi) is 3.76. The van der Waals surface area contributed by atoms with Crippen LogP contribution in [0.1, 0.15) is 17.4 Å². The van der Waals surface area contributed by atoms with Gasteiger partial charge in [0.25, 0.3) is 5.91 Å². The van der Waals surface area contributed by atoms with E-state index < -0.39 is 11.7 Å². The van der Waals surface area contributed by atoms with Crippen molar-refractivity contribution in [1.82, 2.24) is 15.3 Å². The molecule has 0 saturated heterocycles. The van der Waals surface area contributed by atoms with Crippen LogP contribution in [0, 0.1) is 5.82 Å². The molecule has 19 heavy (non-hydrogen) atoms. The summed E-state index contributed by atoms with van der Waals surface area (Å²) in [5.74, 6) is -1.57. The summed E-state index contributed by atoms with van der Waals surface area (Å²) >= 11 is 0. The molecule has 2 N–H and O–H groups in total. The first-order valence-electron chi connectivity index (χ1n) is 5.59. The van der Waals surface area contributed by atoms with Gasteiger partial charge in [-0.05, 0) is 19.1 Å². The summed E-state index contributed by atoms with van der Waals surface area (Å²) in [6.45, 7) is 1.97. The molecule has 0 saturated carbocycles. The summed E-state index contributed by atoms with van der Waals surface area (Å²) in [6.07, 6.45) is 1.15. The second-order valence-corrected chi connectivity index (χ2v) is 3.62. The van der Waals surface area contributed by atoms with Crippen molar-refractivity contribution in [3.05, 3.63) is 42.0 Å². The minimum Gasteiger partial charge on any atom is -0.504 e. The molecular weight excluding hydrogens is 253 g/mol. The molecule has 0 atom stereocenters. The fraction of sp³-hybridized carbons (Fsp3) is 0.167. The smallest absolute Gasteiger partial charge is 0.299 e. The maximum atomic E-state index is 13.6. The number of carbonyl (C=O) groups is 1. The van der Waals surface area contributed by atoms with Gasteiger partial charge in [0, 0.05) is 0 Å². The highest BCUT2D eigenvalue weighted by molar-refractivity contribution is 5.94. The largest absolute Gasteiger partial charge is 0.504 e. The van der Waals surface area contributed by atoms with Crippen LogP contribution in [0.2, 0.25) is 0 Å². The minimum atomic E-state index is -0.700. The van der Waals surface area contributed by atoms with Crippen LogP contribution < -0.4 is 5.48 Å². The van der Waals surface area contributed by atoms with Crippen molar-refractivity contribution in [2.24, 2.45) is 0 Å². The van der Waals surface area contributed by atoms with Crippen LogP contribution in [0.15, 0.2) is 30.5 Å². The van der Waals surface area contributed by atoms with Gasteiger partial charge in [0.05, 0.1) is 12.8 Å². The third-order valence-corrected chi connectivity index (χ3v) is 2.32. The van der Waals surface area contributed by atoms with Gasteiger partial charge in [-0.15, -0.1) is 0 Å². The van der Waals surface area contributed by atoms with E-state index in [1.807, 2.05) is 0 Å². The zero-order valence-electron chi connectivity index (χ0n) is 10.1. The SMILES string of the molecule is CCONC(=O)c1nn(-c2ccccc2F)cc1O. The third-order valence-electron chi connectivity index (χ3n) is 2.32. The average Bonchev–Trinajstić information content (AvgIpc) is 2.78. The zero-order chi connectivity index (χ0) is 13.8. The molecule has 6 nitrogen and oxygen atoms in total. The lowest BCUT2D eigenvalue weighted by Gasteiger charge is -2.02. The number of aromatic hydroxyl groups is 1. The number of amides is 1. The molecule has 1 heterocycles. The molecule has 0 unspecified atom stereocenters. The van der Waals surface area contributed by atoms with Crippen LogP contribution in [0.25, 0.3) is 5.69 Å². The molecule has 7 heteroatoms. The molecule has 0 aliphatic rings. The van der Waals surface area contributed by atoms with Crippen LogP contribution in [0.4, 0.5) is 4.39 Å². The van der Waals surface area contributed by atoms with Gasteiger partial charge in [0.2, 0.25) is 0 Å². The Hall–Kier alpha value is -2.41. The summed E-state index contributed by atoms with van der Waals surface area (Å²) in [6, 6.07) is 5.89. The Labute approximate surface area is 108 Å². The quantitative estimate of drug-likeness (QED) is 0.819. The number of hydrogen-bond acceptors (Lipinski definition) is 4. The number of para-hydroxylation sites is 1. The topological polar surface area (TPSA) is 76.4 Å². The van der Waals surface area contributed by atoms with E-state index in [9.17, 15) is 14.3 Å². The molecule has 0 fully saturated rings. The zero-order valence-corrected chi connectivity index (χ0v) is 10.1. The second kappa shape index (κ2) is 5.49. The van der Waals surface area contributed by atoms with Crippen molar-refractivity contribution >= 4 is 5.91 Å². The molecule has 0 spiro atoms. The number of carbonyl (C=O) groups excluding carboxylic acids is 1. The molecule has 1 amide bonds. The van der Waals surface area contributed by atoms with E-state index in [1.54, 1.807) is 13.0 Å². The highest BCUT2D eigenvalue weighted by atomic mass is 19.1. The van der Waals surface area contributed by atoms with Crippen molar-refractivity contribution in [2.75, 3.05) is 6.61 Å². The van der Waals surface area contributed by atoms with Gasteiger partial charge in [0.15, 0.2) is 11.4 Å². The Bertz CT molecular complexity index is 598. The molecule has 0 aliphatic carbocycles. The van der Waals surface area contributed by atoms with Crippen LogP contribution in [0.3, 0.4) is 0 Å². The van der Waals surface area contributed by atoms with Gasteiger partial charge in [-0.25, -0.2) is 14.6 Å². The number of halogens is 1. The summed E-state index contributed by atoms with van der Waals surface area (Å²) in [5.41, 5.74) is 1.99. The number of hydroxylamine groups is 1. The maximum Gasteiger partial charge on any atom is 0.299 e. The normalized spacial score (nSPS) is 10.4. The van der Waals surface area contributed by atoms with Crippen molar-refractivity contribution in [3.8, 4) is 11.4 Å². The maximum absolute atomic E-state index is 13.6. The molecule has 0 radical (unpaired) electrons. The number of nitrogens with zero attached hydrogens (tertiary/aromatic N) is 2. The highest BCUT2D eigenvalue weighted by Gasteiger charge is 2.18. The Balaban J connectivity index is 2.31. The van der Waals surface area contributed by atoms with Gasteiger partial charge in [-0.2, -0.15) is 5.10 Å². The predicted octanol–water partition coefficient (Wildman–Crippen LogP) is 1.40. The summed E-state index contributed by atoms with van der Waals surface area (Å²) in [4.78, 5) is 16.3. The van der Waals surface area contributed by atoms with E-state index >= 15 is 0 Å². The van der Waals surface area contributed by atoms with E-state index in [4.69, 9.17) is 4.84 Å². The lowest BCUT2D eigenvalue weighted by atomic mass is 10.3. The monoisotopic (exact) mass is 265 g/mol. The summed E-state index contributed by atoms with van der Waals surface area (Å²) in [5, 5.41) is 13.5.